The van der Waals surface area contributed by atoms with Crippen LogP contribution in [0.5, 0.6) is 0 Å². The number of urea groups is 1. The number of hydrogen-bond acceptors (Lipinski definition) is 1. The van der Waals surface area contributed by atoms with Gasteiger partial charge >= 0.3 is 6.03 Å². The highest BCUT2D eigenvalue weighted by atomic mass is 16.2. The normalized spacial score (nSPS) is 19.7. The van der Waals surface area contributed by atoms with E-state index in [-0.39, 0.29) is 17.5 Å². The maximum absolute atomic E-state index is 11.5. The van der Waals surface area contributed by atoms with Gasteiger partial charge in [0.1, 0.15) is 0 Å². The minimum atomic E-state index is -0.0166. The second-order valence-electron chi connectivity index (χ2n) is 5.33. The van der Waals surface area contributed by atoms with E-state index in [2.05, 4.69) is 31.4 Å². The second-order valence-corrected chi connectivity index (χ2v) is 5.33. The van der Waals surface area contributed by atoms with Crippen LogP contribution < -0.4 is 10.6 Å². The Balaban J connectivity index is 2.25. The van der Waals surface area contributed by atoms with E-state index < -0.39 is 0 Å². The average molecular weight is 198 g/mol. The molecule has 3 heteroatoms. The minimum Gasteiger partial charge on any atom is -0.335 e. The summed E-state index contributed by atoms with van der Waals surface area (Å²) in [5.41, 5.74) is 0.122. The Morgan fingerprint density at radius 3 is 2.29 bits per heavy atom. The predicted molar refractivity (Wildman–Crippen MR) is 58.2 cm³/mol. The fourth-order valence-corrected chi connectivity index (χ4v) is 1.19. The molecule has 1 atom stereocenters. The molecule has 0 spiro atoms. The highest BCUT2D eigenvalue weighted by Gasteiger charge is 2.24. The lowest BCUT2D eigenvalue weighted by atomic mass is 9.88. The molecule has 0 radical (unpaired) electrons. The standard InChI is InChI=1S/C11H22N2O/c1-8(11(2,3)4)12-10(14)13-9-6-5-7-9/h8-9H,5-7H2,1-4H3,(H2,12,13,14). The van der Waals surface area contributed by atoms with Crippen molar-refractivity contribution in [3.05, 3.63) is 0 Å². The molecular weight excluding hydrogens is 176 g/mol. The summed E-state index contributed by atoms with van der Waals surface area (Å²) in [4.78, 5) is 11.5. The number of rotatable bonds is 2. The zero-order valence-corrected chi connectivity index (χ0v) is 9.68. The molecule has 1 fully saturated rings. The highest BCUT2D eigenvalue weighted by molar-refractivity contribution is 5.74. The lowest BCUT2D eigenvalue weighted by Gasteiger charge is -2.31. The Bertz CT molecular complexity index is 204. The van der Waals surface area contributed by atoms with E-state index in [1.54, 1.807) is 0 Å². The van der Waals surface area contributed by atoms with Crippen LogP contribution in [0, 0.1) is 5.41 Å². The van der Waals surface area contributed by atoms with Gasteiger partial charge in [0.05, 0.1) is 0 Å². The van der Waals surface area contributed by atoms with E-state index in [0.717, 1.165) is 12.8 Å². The fraction of sp³-hybridized carbons (Fsp3) is 0.909. The summed E-state index contributed by atoms with van der Waals surface area (Å²) < 4.78 is 0. The quantitative estimate of drug-likeness (QED) is 0.702. The molecule has 0 heterocycles. The summed E-state index contributed by atoms with van der Waals surface area (Å²) >= 11 is 0. The Morgan fingerprint density at radius 1 is 1.36 bits per heavy atom. The fourth-order valence-electron chi connectivity index (χ4n) is 1.19. The molecule has 1 aliphatic carbocycles. The van der Waals surface area contributed by atoms with E-state index in [1.807, 2.05) is 6.92 Å². The van der Waals surface area contributed by atoms with Crippen molar-refractivity contribution in [3.8, 4) is 0 Å². The van der Waals surface area contributed by atoms with E-state index in [1.165, 1.54) is 6.42 Å². The maximum Gasteiger partial charge on any atom is 0.315 e. The molecule has 14 heavy (non-hydrogen) atoms. The molecule has 1 unspecified atom stereocenters. The van der Waals surface area contributed by atoms with Crippen LogP contribution in [0.2, 0.25) is 0 Å². The number of carbonyl (C=O) groups is 1. The number of hydrogen-bond donors (Lipinski definition) is 2. The molecule has 0 aromatic carbocycles. The first kappa shape index (κ1) is 11.3. The smallest absolute Gasteiger partial charge is 0.315 e. The topological polar surface area (TPSA) is 41.1 Å². The summed E-state index contributed by atoms with van der Waals surface area (Å²) in [5, 5.41) is 5.94. The zero-order chi connectivity index (χ0) is 10.8. The molecule has 3 nitrogen and oxygen atoms in total. The number of carbonyl (C=O) groups excluding carboxylic acids is 1. The van der Waals surface area contributed by atoms with Gasteiger partial charge in [-0.25, -0.2) is 4.79 Å². The van der Waals surface area contributed by atoms with Crippen LogP contribution in [-0.4, -0.2) is 18.1 Å². The first-order valence-corrected chi connectivity index (χ1v) is 5.46. The van der Waals surface area contributed by atoms with Crippen molar-refractivity contribution in [2.24, 2.45) is 5.41 Å². The van der Waals surface area contributed by atoms with Crippen LogP contribution >= 0.6 is 0 Å². The van der Waals surface area contributed by atoms with E-state index in [0.29, 0.717) is 6.04 Å². The number of amides is 2. The van der Waals surface area contributed by atoms with Crippen LogP contribution in [0.4, 0.5) is 4.79 Å². The van der Waals surface area contributed by atoms with Gasteiger partial charge in [0.25, 0.3) is 0 Å². The molecule has 2 N–H and O–H groups in total. The summed E-state index contributed by atoms with van der Waals surface area (Å²) in [7, 11) is 0. The first-order chi connectivity index (χ1) is 6.39. The van der Waals surface area contributed by atoms with Gasteiger partial charge in [-0.2, -0.15) is 0 Å². The van der Waals surface area contributed by atoms with Crippen LogP contribution in [0.15, 0.2) is 0 Å². The van der Waals surface area contributed by atoms with Crippen LogP contribution in [0.1, 0.15) is 47.0 Å². The van der Waals surface area contributed by atoms with Crippen LogP contribution in [-0.2, 0) is 0 Å². The predicted octanol–water partition coefficient (Wildman–Crippen LogP) is 2.27. The summed E-state index contributed by atoms with van der Waals surface area (Å²) in [5.74, 6) is 0. The largest absolute Gasteiger partial charge is 0.335 e. The maximum atomic E-state index is 11.5. The monoisotopic (exact) mass is 198 g/mol. The summed E-state index contributed by atoms with van der Waals surface area (Å²) in [6, 6.07) is 0.599. The molecule has 0 aromatic rings. The van der Waals surface area contributed by atoms with E-state index in [4.69, 9.17) is 0 Å². The molecule has 1 saturated carbocycles. The molecule has 0 bridgehead atoms. The van der Waals surface area contributed by atoms with E-state index in [9.17, 15) is 4.79 Å². The summed E-state index contributed by atoms with van der Waals surface area (Å²) in [6.45, 7) is 8.42. The second kappa shape index (κ2) is 4.20. The van der Waals surface area contributed by atoms with Crippen LogP contribution in [0.25, 0.3) is 0 Å². The minimum absolute atomic E-state index is 0.0166. The highest BCUT2D eigenvalue weighted by Crippen LogP contribution is 2.19. The zero-order valence-electron chi connectivity index (χ0n) is 9.68. The van der Waals surface area contributed by atoms with Crippen LogP contribution in [0.3, 0.4) is 0 Å². The first-order valence-electron chi connectivity index (χ1n) is 5.46. The van der Waals surface area contributed by atoms with Gasteiger partial charge in [-0.1, -0.05) is 20.8 Å². The Labute approximate surface area is 86.6 Å². The van der Waals surface area contributed by atoms with E-state index >= 15 is 0 Å². The molecule has 2 amide bonds. The molecule has 1 rings (SSSR count). The molecule has 0 saturated heterocycles. The third kappa shape index (κ3) is 3.20. The average Bonchev–Trinajstić information content (AvgIpc) is 1.95. The van der Waals surface area contributed by atoms with Crippen molar-refractivity contribution in [2.45, 2.75) is 59.0 Å². The van der Waals surface area contributed by atoms with Gasteiger partial charge in [0, 0.05) is 12.1 Å². The van der Waals surface area contributed by atoms with Gasteiger partial charge in [-0.15, -0.1) is 0 Å². The Morgan fingerprint density at radius 2 is 1.93 bits per heavy atom. The molecule has 1 aliphatic rings. The lowest BCUT2D eigenvalue weighted by Crippen LogP contribution is -2.50. The van der Waals surface area contributed by atoms with Crippen molar-refractivity contribution in [2.75, 3.05) is 0 Å². The summed E-state index contributed by atoms with van der Waals surface area (Å²) in [6.07, 6.45) is 3.52. The molecule has 82 valence electrons. The lowest BCUT2D eigenvalue weighted by molar-refractivity contribution is 0.211. The van der Waals surface area contributed by atoms with Crippen molar-refractivity contribution < 1.29 is 4.79 Å². The van der Waals surface area contributed by atoms with Gasteiger partial charge in [0.15, 0.2) is 0 Å². The van der Waals surface area contributed by atoms with Crippen molar-refractivity contribution in [1.29, 1.82) is 0 Å². The molecular formula is C11H22N2O. The van der Waals surface area contributed by atoms with Crippen molar-refractivity contribution in [3.63, 3.8) is 0 Å². The SMILES string of the molecule is CC(NC(=O)NC1CCC1)C(C)(C)C. The van der Waals surface area contributed by atoms with Gasteiger partial charge < -0.3 is 10.6 Å². The molecule has 0 aromatic heterocycles. The van der Waals surface area contributed by atoms with Crippen molar-refractivity contribution >= 4 is 6.03 Å². The van der Waals surface area contributed by atoms with Gasteiger partial charge in [-0.05, 0) is 31.6 Å². The van der Waals surface area contributed by atoms with Crippen molar-refractivity contribution in [1.82, 2.24) is 10.6 Å². The van der Waals surface area contributed by atoms with Gasteiger partial charge in [0.2, 0.25) is 0 Å². The Kier molecular flexibility index (Phi) is 3.40. The molecule has 0 aliphatic heterocycles. The third-order valence-electron chi connectivity index (χ3n) is 3.09. The third-order valence-corrected chi connectivity index (χ3v) is 3.09. The number of nitrogens with one attached hydrogen (secondary N) is 2. The Hall–Kier alpha value is -0.730. The van der Waals surface area contributed by atoms with Gasteiger partial charge in [-0.3, -0.25) is 0 Å².